The quantitative estimate of drug-likeness (QED) is 0.415. The first kappa shape index (κ1) is 24.1. The second kappa shape index (κ2) is 11.3. The Balaban J connectivity index is 2.14. The minimum atomic E-state index is -0.786. The van der Waals surface area contributed by atoms with Crippen LogP contribution in [-0.4, -0.2) is 49.0 Å². The van der Waals surface area contributed by atoms with Crippen molar-refractivity contribution < 1.29 is 19.1 Å². The van der Waals surface area contributed by atoms with Crippen LogP contribution in [0, 0.1) is 0 Å². The van der Waals surface area contributed by atoms with Crippen molar-refractivity contribution in [1.82, 2.24) is 10.6 Å². The molecule has 6 nitrogen and oxygen atoms in total. The van der Waals surface area contributed by atoms with Gasteiger partial charge in [-0.05, 0) is 0 Å². The number of carbonyl (C=O) groups is 3. The summed E-state index contributed by atoms with van der Waals surface area (Å²) >= 11 is 9.35. The van der Waals surface area contributed by atoms with Crippen molar-refractivity contribution in [2.24, 2.45) is 0 Å². The Morgan fingerprint density at radius 1 is 1.17 bits per heavy atom. The van der Waals surface area contributed by atoms with Gasteiger partial charge in [0, 0.05) is 0 Å². The maximum atomic E-state index is 12.7. The standard InChI is InChI=1S/C21H23BBrClN2O4/c1-12(2)30-19-7-5-13(8-16(19)24)20(28)26-17(21(29)25-3)9-15-6-4-14(10-22-15)18(27)11-23/h4-8,10,12,17H,9,11H2,1-3H3,(H,25,29)(H,26,28). The molecule has 30 heavy (non-hydrogen) atoms. The Kier molecular flexibility index (Phi) is 9.05. The van der Waals surface area contributed by atoms with Crippen molar-refractivity contribution >= 4 is 52.0 Å². The third-order valence-corrected chi connectivity index (χ3v) is 5.07. The summed E-state index contributed by atoms with van der Waals surface area (Å²) in [4.78, 5) is 36.7. The number of alkyl halides is 1. The number of carbonyl (C=O) groups excluding carboxylic acids is 3. The van der Waals surface area contributed by atoms with Crippen LogP contribution in [-0.2, 0) is 11.2 Å². The van der Waals surface area contributed by atoms with Gasteiger partial charge < -0.3 is 0 Å². The normalized spacial score (nSPS) is 11.5. The van der Waals surface area contributed by atoms with Crippen molar-refractivity contribution in [1.29, 1.82) is 0 Å². The molecule has 2 N–H and O–H groups in total. The molecule has 158 valence electrons. The van der Waals surface area contributed by atoms with Gasteiger partial charge in [-0.25, -0.2) is 0 Å². The van der Waals surface area contributed by atoms with E-state index in [-0.39, 0.29) is 29.5 Å². The molecule has 1 atom stereocenters. The zero-order valence-electron chi connectivity index (χ0n) is 17.0. The maximum absolute atomic E-state index is 12.7. The van der Waals surface area contributed by atoms with E-state index in [1.165, 1.54) is 13.1 Å². The number of ketones is 1. The van der Waals surface area contributed by atoms with Crippen molar-refractivity contribution in [3.63, 3.8) is 0 Å². The fourth-order valence-electron chi connectivity index (χ4n) is 2.76. The summed E-state index contributed by atoms with van der Waals surface area (Å²) in [5.74, 6) is 1.42. The van der Waals surface area contributed by atoms with Gasteiger partial charge in [0.25, 0.3) is 0 Å². The van der Waals surface area contributed by atoms with E-state index in [1.54, 1.807) is 37.1 Å². The van der Waals surface area contributed by atoms with E-state index < -0.39 is 11.9 Å². The molecule has 0 spiro atoms. The van der Waals surface area contributed by atoms with E-state index >= 15 is 0 Å². The molecular formula is C21H23BBrClN2O4. The van der Waals surface area contributed by atoms with Gasteiger partial charge in [0.15, 0.2) is 0 Å². The molecule has 0 fully saturated rings. The third kappa shape index (κ3) is 6.67. The Hall–Kier alpha value is -2.19. The predicted octanol–water partition coefficient (Wildman–Crippen LogP) is 3.13. The molecule has 1 aromatic heterocycles. The molecule has 0 saturated carbocycles. The Morgan fingerprint density at radius 3 is 2.40 bits per heavy atom. The molecule has 0 aliphatic heterocycles. The van der Waals surface area contributed by atoms with Crippen LogP contribution in [0.1, 0.15) is 40.0 Å². The first-order chi connectivity index (χ1) is 14.2. The molecular weight excluding hydrogens is 470 g/mol. The Bertz CT molecular complexity index is 922. The zero-order valence-corrected chi connectivity index (χ0v) is 19.3. The number of ether oxygens (including phenoxy) is 1. The van der Waals surface area contributed by atoms with Crippen molar-refractivity contribution in [3.05, 3.63) is 57.9 Å². The monoisotopic (exact) mass is 492 g/mol. The molecule has 0 radical (unpaired) electrons. The van der Waals surface area contributed by atoms with Gasteiger partial charge >= 0.3 is 190 Å². The average molecular weight is 494 g/mol. The number of halogens is 2. The summed E-state index contributed by atoms with van der Waals surface area (Å²) < 4.78 is 5.58. The van der Waals surface area contributed by atoms with Gasteiger partial charge in [-0.2, -0.15) is 0 Å². The summed E-state index contributed by atoms with van der Waals surface area (Å²) in [5, 5.41) is 5.87. The van der Waals surface area contributed by atoms with Crippen LogP contribution in [0.3, 0.4) is 0 Å². The van der Waals surface area contributed by atoms with Crippen LogP contribution >= 0.6 is 27.5 Å². The molecule has 9 heteroatoms. The number of benzene rings is 1. The van der Waals surface area contributed by atoms with Crippen LogP contribution in [0.5, 0.6) is 5.75 Å². The Morgan fingerprint density at radius 2 is 1.87 bits per heavy atom. The van der Waals surface area contributed by atoms with Gasteiger partial charge in [0.2, 0.25) is 0 Å². The second-order valence-electron chi connectivity index (χ2n) is 6.91. The van der Waals surface area contributed by atoms with E-state index in [9.17, 15) is 14.4 Å². The summed E-state index contributed by atoms with van der Waals surface area (Å²) in [5.41, 5.74) is 1.71. The number of nitrogens with one attached hydrogen (secondary N) is 2. The van der Waals surface area contributed by atoms with Crippen LogP contribution in [0.2, 0.25) is 5.02 Å². The molecule has 2 rings (SSSR count). The van der Waals surface area contributed by atoms with E-state index in [4.69, 9.17) is 16.3 Å². The van der Waals surface area contributed by atoms with E-state index in [1.807, 2.05) is 13.8 Å². The molecule has 2 aromatic rings. The number of amides is 2. The molecule has 0 aliphatic carbocycles. The summed E-state index contributed by atoms with van der Waals surface area (Å²) in [6.07, 6.45) is 0.229. The van der Waals surface area contributed by atoms with Crippen LogP contribution < -0.4 is 15.4 Å². The molecule has 0 aliphatic rings. The SMILES string of the molecule is CNC(=O)C(Cc1bcc(C(=O)CBr)cc1)NC(=O)c1ccc(OC(C)C)c(Cl)c1. The average Bonchev–Trinajstić information content (AvgIpc) is 2.73. The van der Waals surface area contributed by atoms with E-state index in [2.05, 4.69) is 26.6 Å². The second-order valence-corrected chi connectivity index (χ2v) is 7.88. The number of hydrogen-bond acceptors (Lipinski definition) is 4. The minimum absolute atomic E-state index is 0.0283. The number of Topliss-reactive ketones (excluding diaryl/α,β-unsaturated/α-hetero) is 1. The number of hydrogen-bond donors (Lipinski definition) is 2. The van der Waals surface area contributed by atoms with E-state index in [0.29, 0.717) is 21.9 Å². The van der Waals surface area contributed by atoms with Crippen LogP contribution in [0.15, 0.2) is 36.3 Å². The molecule has 1 unspecified atom stereocenters. The molecule has 1 aromatic carbocycles. The molecule has 0 saturated heterocycles. The van der Waals surface area contributed by atoms with Gasteiger partial charge in [-0.15, -0.1) is 0 Å². The van der Waals surface area contributed by atoms with Crippen LogP contribution in [0.25, 0.3) is 0 Å². The van der Waals surface area contributed by atoms with Crippen LogP contribution in [0.4, 0.5) is 0 Å². The topological polar surface area (TPSA) is 84.5 Å². The predicted molar refractivity (Wildman–Crippen MR) is 122 cm³/mol. The van der Waals surface area contributed by atoms with Gasteiger partial charge in [0.05, 0.1) is 0 Å². The van der Waals surface area contributed by atoms with Gasteiger partial charge in [0.1, 0.15) is 0 Å². The summed E-state index contributed by atoms with van der Waals surface area (Å²) in [7, 11) is 1.51. The van der Waals surface area contributed by atoms with E-state index in [0.717, 1.165) is 5.46 Å². The zero-order chi connectivity index (χ0) is 22.3. The molecule has 0 bridgehead atoms. The fraction of sp³-hybridized carbons (Fsp3) is 0.333. The van der Waals surface area contributed by atoms with Crippen molar-refractivity contribution in [2.45, 2.75) is 32.4 Å². The van der Waals surface area contributed by atoms with Gasteiger partial charge in [-0.1, -0.05) is 0 Å². The number of likely N-dealkylation sites (N-methyl/N-ethyl adjacent to an activating group) is 1. The Labute approximate surface area is 190 Å². The van der Waals surface area contributed by atoms with Crippen molar-refractivity contribution in [2.75, 3.05) is 12.4 Å². The van der Waals surface area contributed by atoms with Crippen molar-refractivity contribution in [3.8, 4) is 5.75 Å². The molecule has 2 amide bonds. The fourth-order valence-corrected chi connectivity index (χ4v) is 3.31. The first-order valence-corrected chi connectivity index (χ1v) is 10.9. The summed E-state index contributed by atoms with van der Waals surface area (Å²) in [6.45, 7) is 5.54. The summed E-state index contributed by atoms with van der Waals surface area (Å²) in [6, 6.07) is 7.43. The first-order valence-electron chi connectivity index (χ1n) is 9.42. The van der Waals surface area contributed by atoms with Gasteiger partial charge in [-0.3, -0.25) is 0 Å². The molecule has 1 heterocycles. The number of rotatable bonds is 9. The third-order valence-electron chi connectivity index (χ3n) is 4.26.